The minimum atomic E-state index is -0.436. The summed E-state index contributed by atoms with van der Waals surface area (Å²) in [6, 6.07) is 11.2. The fraction of sp³-hybridized carbons (Fsp3) is 0.211. The Bertz CT molecular complexity index is 959. The number of hydrogen-bond acceptors (Lipinski definition) is 3. The topological polar surface area (TPSA) is 75.5 Å². The number of aromatic nitrogens is 2. The van der Waals surface area contributed by atoms with Gasteiger partial charge in [0.15, 0.2) is 0 Å². The molecule has 0 bridgehead atoms. The van der Waals surface area contributed by atoms with Crippen molar-refractivity contribution in [3.8, 4) is 11.3 Å². The molecule has 1 fully saturated rings. The van der Waals surface area contributed by atoms with Crippen LogP contribution in [0.3, 0.4) is 0 Å². The first kappa shape index (κ1) is 15.4. The highest BCUT2D eigenvalue weighted by molar-refractivity contribution is 5.99. The molecule has 2 N–H and O–H groups in total. The number of pyridine rings is 1. The van der Waals surface area contributed by atoms with Crippen molar-refractivity contribution in [1.82, 2.24) is 14.7 Å². The molecule has 6 nitrogen and oxygen atoms in total. The number of imidazole rings is 1. The third kappa shape index (κ3) is 3.10. The van der Waals surface area contributed by atoms with Crippen LogP contribution in [0.5, 0.6) is 0 Å². The molecule has 126 valence electrons. The highest BCUT2D eigenvalue weighted by atomic mass is 16.2. The molecule has 4 rings (SSSR count). The number of amides is 2. The lowest BCUT2D eigenvalue weighted by Crippen LogP contribution is -2.37. The molecular weight excluding hydrogens is 316 g/mol. The van der Waals surface area contributed by atoms with Gasteiger partial charge < -0.3 is 15.0 Å². The minimum Gasteiger partial charge on any atom is -0.344 e. The van der Waals surface area contributed by atoms with Crippen molar-refractivity contribution in [3.05, 3.63) is 54.4 Å². The quantitative estimate of drug-likeness (QED) is 0.773. The van der Waals surface area contributed by atoms with Crippen LogP contribution in [-0.2, 0) is 9.59 Å². The summed E-state index contributed by atoms with van der Waals surface area (Å²) in [7, 11) is 0. The van der Waals surface area contributed by atoms with Gasteiger partial charge in [0, 0.05) is 30.1 Å². The molecule has 1 unspecified atom stereocenters. The molecule has 1 aliphatic rings. The summed E-state index contributed by atoms with van der Waals surface area (Å²) in [5.74, 6) is -0.251. The number of rotatable bonds is 3. The molecule has 25 heavy (non-hydrogen) atoms. The van der Waals surface area contributed by atoms with Crippen LogP contribution < -0.4 is 10.6 Å². The smallest absolute Gasteiger partial charge is 0.246 e. The number of fused-ring (bicyclic) bond motifs is 1. The first-order chi connectivity index (χ1) is 12.1. The Morgan fingerprint density at radius 1 is 1.28 bits per heavy atom. The van der Waals surface area contributed by atoms with Gasteiger partial charge >= 0.3 is 0 Å². The number of benzene rings is 1. The number of carbonyl (C=O) groups excluding carboxylic acids is 2. The van der Waals surface area contributed by atoms with Crippen LogP contribution in [0.1, 0.15) is 18.4 Å². The van der Waals surface area contributed by atoms with Gasteiger partial charge in [0.25, 0.3) is 0 Å². The van der Waals surface area contributed by atoms with Crippen LogP contribution in [-0.4, -0.2) is 27.2 Å². The van der Waals surface area contributed by atoms with Crippen LogP contribution in [0, 0.1) is 6.92 Å². The van der Waals surface area contributed by atoms with Crippen molar-refractivity contribution < 1.29 is 9.59 Å². The Labute approximate surface area is 144 Å². The molecule has 0 saturated carbocycles. The second kappa shape index (κ2) is 6.05. The molecule has 2 amide bonds. The number of hydrogen-bond donors (Lipinski definition) is 2. The summed E-state index contributed by atoms with van der Waals surface area (Å²) in [5, 5.41) is 5.50. The summed E-state index contributed by atoms with van der Waals surface area (Å²) in [6.45, 7) is 2.04. The molecule has 0 spiro atoms. The lowest BCUT2D eigenvalue weighted by Gasteiger charge is -2.11. The average molecular weight is 334 g/mol. The summed E-state index contributed by atoms with van der Waals surface area (Å²) >= 11 is 0. The molecule has 1 atom stereocenters. The Hall–Kier alpha value is -3.15. The van der Waals surface area contributed by atoms with Gasteiger partial charge in [-0.3, -0.25) is 9.59 Å². The van der Waals surface area contributed by atoms with Crippen molar-refractivity contribution in [2.45, 2.75) is 25.8 Å². The number of nitrogens with zero attached hydrogens (tertiary/aromatic N) is 2. The van der Waals surface area contributed by atoms with E-state index in [1.165, 1.54) is 5.56 Å². The molecule has 3 heterocycles. The van der Waals surface area contributed by atoms with Gasteiger partial charge in [-0.25, -0.2) is 4.98 Å². The Morgan fingerprint density at radius 3 is 2.80 bits per heavy atom. The maximum atomic E-state index is 12.1. The maximum Gasteiger partial charge on any atom is 0.246 e. The predicted molar refractivity (Wildman–Crippen MR) is 95.2 cm³/mol. The molecule has 1 aromatic carbocycles. The van der Waals surface area contributed by atoms with E-state index in [4.69, 9.17) is 0 Å². The summed E-state index contributed by atoms with van der Waals surface area (Å²) in [4.78, 5) is 28.0. The van der Waals surface area contributed by atoms with Crippen molar-refractivity contribution >= 4 is 23.1 Å². The van der Waals surface area contributed by atoms with Crippen molar-refractivity contribution in [3.63, 3.8) is 0 Å². The van der Waals surface area contributed by atoms with Crippen molar-refractivity contribution in [2.24, 2.45) is 0 Å². The molecule has 1 aliphatic heterocycles. The monoisotopic (exact) mass is 334 g/mol. The van der Waals surface area contributed by atoms with Crippen LogP contribution in [0.2, 0.25) is 0 Å². The number of nitrogens with one attached hydrogen (secondary N) is 2. The molecule has 0 aliphatic carbocycles. The van der Waals surface area contributed by atoms with E-state index in [0.29, 0.717) is 18.5 Å². The molecule has 1 saturated heterocycles. The second-order valence-electron chi connectivity index (χ2n) is 6.32. The zero-order chi connectivity index (χ0) is 17.4. The lowest BCUT2D eigenvalue weighted by atomic mass is 10.1. The number of anilines is 1. The Kier molecular flexibility index (Phi) is 3.72. The zero-order valence-electron chi connectivity index (χ0n) is 13.8. The van der Waals surface area contributed by atoms with Gasteiger partial charge in [-0.05, 0) is 43.2 Å². The first-order valence-corrected chi connectivity index (χ1v) is 8.24. The van der Waals surface area contributed by atoms with Gasteiger partial charge in [-0.15, -0.1) is 0 Å². The van der Waals surface area contributed by atoms with Crippen molar-refractivity contribution in [2.75, 3.05) is 5.32 Å². The molecular formula is C19H18N4O2. The van der Waals surface area contributed by atoms with Crippen LogP contribution >= 0.6 is 0 Å². The summed E-state index contributed by atoms with van der Waals surface area (Å²) in [6.07, 6.45) is 4.93. The fourth-order valence-electron chi connectivity index (χ4n) is 2.99. The van der Waals surface area contributed by atoms with E-state index >= 15 is 0 Å². The second-order valence-corrected chi connectivity index (χ2v) is 6.32. The van der Waals surface area contributed by atoms with Crippen LogP contribution in [0.4, 0.5) is 5.69 Å². The van der Waals surface area contributed by atoms with Crippen LogP contribution in [0.25, 0.3) is 16.9 Å². The summed E-state index contributed by atoms with van der Waals surface area (Å²) < 4.78 is 1.99. The highest BCUT2D eigenvalue weighted by Gasteiger charge is 2.27. The standard InChI is InChI=1S/C19H18N4O2/c1-12-8-9-23-11-16(21-17(23)10-12)13-2-4-14(5-3-13)20-19(25)15-6-7-18(24)22-15/h2-5,8-11,15H,6-7H2,1H3,(H,20,25)(H,22,24). The highest BCUT2D eigenvalue weighted by Crippen LogP contribution is 2.22. The van der Waals surface area contributed by atoms with E-state index in [0.717, 1.165) is 16.9 Å². The average Bonchev–Trinajstić information content (AvgIpc) is 3.21. The van der Waals surface area contributed by atoms with Gasteiger partial charge in [0.05, 0.1) is 5.69 Å². The van der Waals surface area contributed by atoms with E-state index in [-0.39, 0.29) is 11.8 Å². The van der Waals surface area contributed by atoms with E-state index in [1.807, 2.05) is 60.1 Å². The predicted octanol–water partition coefficient (Wildman–Crippen LogP) is 2.53. The fourth-order valence-corrected chi connectivity index (χ4v) is 2.99. The van der Waals surface area contributed by atoms with E-state index in [2.05, 4.69) is 15.6 Å². The van der Waals surface area contributed by atoms with Gasteiger partial charge in [0.2, 0.25) is 11.8 Å². The third-order valence-corrected chi connectivity index (χ3v) is 4.38. The Morgan fingerprint density at radius 2 is 2.08 bits per heavy atom. The first-order valence-electron chi connectivity index (χ1n) is 8.24. The summed E-state index contributed by atoms with van der Waals surface area (Å²) in [5.41, 5.74) is 4.64. The van der Waals surface area contributed by atoms with Crippen LogP contribution in [0.15, 0.2) is 48.8 Å². The van der Waals surface area contributed by atoms with E-state index < -0.39 is 6.04 Å². The van der Waals surface area contributed by atoms with E-state index in [9.17, 15) is 9.59 Å². The maximum absolute atomic E-state index is 12.1. The zero-order valence-corrected chi connectivity index (χ0v) is 13.8. The molecule has 3 aromatic rings. The minimum absolute atomic E-state index is 0.0717. The normalized spacial score (nSPS) is 16.8. The van der Waals surface area contributed by atoms with Gasteiger partial charge in [-0.1, -0.05) is 12.1 Å². The van der Waals surface area contributed by atoms with Gasteiger partial charge in [-0.2, -0.15) is 0 Å². The van der Waals surface area contributed by atoms with Gasteiger partial charge in [0.1, 0.15) is 11.7 Å². The number of carbonyl (C=O) groups is 2. The van der Waals surface area contributed by atoms with E-state index in [1.54, 1.807) is 0 Å². The molecule has 0 radical (unpaired) electrons. The molecule has 6 heteroatoms. The molecule has 2 aromatic heterocycles. The third-order valence-electron chi connectivity index (χ3n) is 4.38. The SMILES string of the molecule is Cc1ccn2cc(-c3ccc(NC(=O)C4CCC(=O)N4)cc3)nc2c1. The largest absolute Gasteiger partial charge is 0.344 e. The Balaban J connectivity index is 1.51. The number of aryl methyl sites for hydroxylation is 1. The van der Waals surface area contributed by atoms with Crippen molar-refractivity contribution in [1.29, 1.82) is 0 Å². The lowest BCUT2D eigenvalue weighted by molar-refractivity contribution is -0.122.